The molecule has 7 nitrogen and oxygen atoms in total. The number of aryl methyl sites for hydroxylation is 2. The average Bonchev–Trinajstić information content (AvgIpc) is 2.80. The van der Waals surface area contributed by atoms with Crippen molar-refractivity contribution < 1.29 is 18.0 Å². The number of hydrogen-bond donors (Lipinski definition) is 1. The van der Waals surface area contributed by atoms with Crippen molar-refractivity contribution >= 4 is 27.5 Å². The Morgan fingerprint density at radius 1 is 1.00 bits per heavy atom. The Bertz CT molecular complexity index is 1070. The first kappa shape index (κ1) is 27.4. The van der Waals surface area contributed by atoms with Crippen molar-refractivity contribution in [1.29, 1.82) is 0 Å². The minimum Gasteiger partial charge on any atom is -0.357 e. The molecule has 0 fully saturated rings. The van der Waals surface area contributed by atoms with Gasteiger partial charge in [-0.1, -0.05) is 43.3 Å². The number of likely N-dealkylation sites (N-methyl/N-ethyl adjacent to an activating group) is 1. The van der Waals surface area contributed by atoms with Crippen LogP contribution in [0.2, 0.25) is 0 Å². The van der Waals surface area contributed by atoms with E-state index in [-0.39, 0.29) is 24.8 Å². The third kappa shape index (κ3) is 7.58. The van der Waals surface area contributed by atoms with E-state index in [9.17, 15) is 18.0 Å². The van der Waals surface area contributed by atoms with Gasteiger partial charge in [0.05, 0.1) is 11.9 Å². The number of anilines is 1. The monoisotopic (exact) mass is 487 g/mol. The number of nitrogens with one attached hydrogen (secondary N) is 1. The van der Waals surface area contributed by atoms with Gasteiger partial charge < -0.3 is 10.2 Å². The van der Waals surface area contributed by atoms with Gasteiger partial charge in [-0.25, -0.2) is 8.42 Å². The number of amides is 2. The van der Waals surface area contributed by atoms with Gasteiger partial charge >= 0.3 is 0 Å². The van der Waals surface area contributed by atoms with Gasteiger partial charge in [0, 0.05) is 26.6 Å². The fourth-order valence-electron chi connectivity index (χ4n) is 3.95. The summed E-state index contributed by atoms with van der Waals surface area (Å²) in [5.74, 6) is -0.350. The molecular formula is C26H37N3O4S. The summed E-state index contributed by atoms with van der Waals surface area (Å²) in [7, 11) is -1.94. The zero-order valence-corrected chi connectivity index (χ0v) is 21.7. The minimum absolute atomic E-state index is 0.152. The highest BCUT2D eigenvalue weighted by Crippen LogP contribution is 2.22. The molecule has 0 aromatic heterocycles. The molecule has 8 heteroatoms. The van der Waals surface area contributed by atoms with Crippen LogP contribution >= 0.6 is 0 Å². The highest BCUT2D eigenvalue weighted by atomic mass is 32.2. The molecule has 2 aromatic rings. The number of sulfonamides is 1. The molecule has 0 unspecified atom stereocenters. The summed E-state index contributed by atoms with van der Waals surface area (Å²) in [6, 6.07) is 14.8. The Kier molecular flexibility index (Phi) is 10.1. The summed E-state index contributed by atoms with van der Waals surface area (Å²) >= 11 is 0. The molecular weight excluding hydrogens is 450 g/mol. The molecule has 2 rings (SSSR count). The molecule has 186 valence electrons. The summed E-state index contributed by atoms with van der Waals surface area (Å²) in [5.41, 5.74) is 3.77. The maximum absolute atomic E-state index is 13.2. The lowest BCUT2D eigenvalue weighted by Gasteiger charge is -2.30. The van der Waals surface area contributed by atoms with E-state index in [4.69, 9.17) is 0 Å². The van der Waals surface area contributed by atoms with Crippen LogP contribution in [0.5, 0.6) is 0 Å². The molecule has 34 heavy (non-hydrogen) atoms. The summed E-state index contributed by atoms with van der Waals surface area (Å²) < 4.78 is 26.3. The summed E-state index contributed by atoms with van der Waals surface area (Å²) in [4.78, 5) is 27.3. The quantitative estimate of drug-likeness (QED) is 0.497. The maximum atomic E-state index is 13.2. The van der Waals surface area contributed by atoms with Crippen LogP contribution in [0, 0.1) is 13.8 Å². The predicted molar refractivity (Wildman–Crippen MR) is 137 cm³/mol. The second kappa shape index (κ2) is 12.6. The second-order valence-electron chi connectivity index (χ2n) is 8.57. The van der Waals surface area contributed by atoms with Gasteiger partial charge in [-0.05, 0) is 61.9 Å². The zero-order valence-electron chi connectivity index (χ0n) is 20.9. The largest absolute Gasteiger partial charge is 0.357 e. The van der Waals surface area contributed by atoms with Crippen LogP contribution < -0.4 is 9.62 Å². The number of hydrogen-bond acceptors (Lipinski definition) is 4. The van der Waals surface area contributed by atoms with E-state index in [1.54, 1.807) is 18.0 Å². The van der Waals surface area contributed by atoms with Crippen LogP contribution in [0.3, 0.4) is 0 Å². The molecule has 0 saturated carbocycles. The third-order valence-electron chi connectivity index (χ3n) is 6.05. The predicted octanol–water partition coefficient (Wildman–Crippen LogP) is 3.45. The topological polar surface area (TPSA) is 86.8 Å². The Labute approximate surface area is 204 Å². The molecule has 0 bridgehead atoms. The average molecular weight is 488 g/mol. The first-order valence-corrected chi connectivity index (χ1v) is 13.5. The summed E-state index contributed by atoms with van der Waals surface area (Å²) in [6.45, 7) is 6.41. The molecule has 0 spiro atoms. The van der Waals surface area contributed by atoms with Gasteiger partial charge in [0.1, 0.15) is 6.04 Å². The number of carbonyl (C=O) groups is 2. The smallest absolute Gasteiger partial charge is 0.242 e. The Balaban J connectivity index is 2.14. The van der Waals surface area contributed by atoms with Crippen LogP contribution in [-0.4, -0.2) is 57.6 Å². The van der Waals surface area contributed by atoms with E-state index in [2.05, 4.69) is 5.32 Å². The van der Waals surface area contributed by atoms with Crippen LogP contribution in [-0.2, 0) is 26.0 Å². The Morgan fingerprint density at radius 3 is 2.24 bits per heavy atom. The molecule has 2 amide bonds. The molecule has 1 N–H and O–H groups in total. The van der Waals surface area contributed by atoms with E-state index in [0.717, 1.165) is 16.7 Å². The SMILES string of the molecule is CC[C@H](C(=O)NC)N(CCc1ccccc1)C(=O)CCCN(c1ccc(C)c(C)c1)S(C)(=O)=O. The van der Waals surface area contributed by atoms with Crippen molar-refractivity contribution in [2.75, 3.05) is 30.7 Å². The standard InChI is InChI=1S/C26H37N3O4S/c1-6-24(26(31)27-4)28(18-16-22-11-8-7-9-12-22)25(30)13-10-17-29(34(5,32)33)23-15-14-20(2)21(3)19-23/h7-9,11-12,14-15,19,24H,6,10,13,16-18H2,1-5H3,(H,27,31)/t24-/m1/s1. The van der Waals surface area contributed by atoms with E-state index in [0.29, 0.717) is 31.5 Å². The zero-order chi connectivity index (χ0) is 25.3. The maximum Gasteiger partial charge on any atom is 0.242 e. The fraction of sp³-hybridized carbons (Fsp3) is 0.462. The van der Waals surface area contributed by atoms with Gasteiger partial charge in [0.2, 0.25) is 21.8 Å². The lowest BCUT2D eigenvalue weighted by Crippen LogP contribution is -2.49. The molecule has 0 aliphatic carbocycles. The Morgan fingerprint density at radius 2 is 1.68 bits per heavy atom. The van der Waals surface area contributed by atoms with Gasteiger partial charge in [-0.15, -0.1) is 0 Å². The van der Waals surface area contributed by atoms with Crippen molar-refractivity contribution in [2.45, 2.75) is 52.5 Å². The van der Waals surface area contributed by atoms with Gasteiger partial charge in [-0.3, -0.25) is 13.9 Å². The summed E-state index contributed by atoms with van der Waals surface area (Å²) in [5, 5.41) is 2.65. The van der Waals surface area contributed by atoms with Gasteiger partial charge in [0.15, 0.2) is 0 Å². The number of nitrogens with zero attached hydrogens (tertiary/aromatic N) is 2. The molecule has 0 radical (unpaired) electrons. The molecule has 1 atom stereocenters. The molecule has 0 aliphatic rings. The third-order valence-corrected chi connectivity index (χ3v) is 7.24. The van der Waals surface area contributed by atoms with Crippen LogP contribution in [0.4, 0.5) is 5.69 Å². The first-order valence-electron chi connectivity index (χ1n) is 11.7. The van der Waals surface area contributed by atoms with Crippen molar-refractivity contribution in [3.8, 4) is 0 Å². The Hall–Kier alpha value is -2.87. The lowest BCUT2D eigenvalue weighted by molar-refractivity contribution is -0.140. The van der Waals surface area contributed by atoms with Crippen LogP contribution in [0.1, 0.15) is 42.9 Å². The number of carbonyl (C=O) groups excluding carboxylic acids is 2. The van der Waals surface area contributed by atoms with E-state index < -0.39 is 16.1 Å². The van der Waals surface area contributed by atoms with Crippen molar-refractivity contribution in [3.05, 3.63) is 65.2 Å². The van der Waals surface area contributed by atoms with E-state index >= 15 is 0 Å². The van der Waals surface area contributed by atoms with Crippen molar-refractivity contribution in [3.63, 3.8) is 0 Å². The van der Waals surface area contributed by atoms with Crippen molar-refractivity contribution in [1.82, 2.24) is 10.2 Å². The van der Waals surface area contributed by atoms with E-state index in [1.807, 2.05) is 63.2 Å². The normalized spacial score (nSPS) is 12.1. The van der Waals surface area contributed by atoms with Gasteiger partial charge in [0.25, 0.3) is 0 Å². The fourth-order valence-corrected chi connectivity index (χ4v) is 4.90. The first-order chi connectivity index (χ1) is 16.1. The van der Waals surface area contributed by atoms with Crippen molar-refractivity contribution in [2.24, 2.45) is 0 Å². The summed E-state index contributed by atoms with van der Waals surface area (Å²) in [6.07, 6.45) is 2.81. The van der Waals surface area contributed by atoms with E-state index in [1.165, 1.54) is 10.6 Å². The number of benzene rings is 2. The minimum atomic E-state index is -3.51. The lowest BCUT2D eigenvalue weighted by atomic mass is 10.1. The van der Waals surface area contributed by atoms with Crippen LogP contribution in [0.15, 0.2) is 48.5 Å². The van der Waals surface area contributed by atoms with Gasteiger partial charge in [-0.2, -0.15) is 0 Å². The highest BCUT2D eigenvalue weighted by Gasteiger charge is 2.27. The number of rotatable bonds is 12. The molecule has 0 heterocycles. The molecule has 2 aromatic carbocycles. The highest BCUT2D eigenvalue weighted by molar-refractivity contribution is 7.92. The molecule has 0 saturated heterocycles. The van der Waals surface area contributed by atoms with Crippen LogP contribution in [0.25, 0.3) is 0 Å². The molecule has 0 aliphatic heterocycles. The second-order valence-corrected chi connectivity index (χ2v) is 10.5.